The van der Waals surface area contributed by atoms with Crippen molar-refractivity contribution in [3.8, 4) is 17.2 Å². The zero-order valence-electron chi connectivity index (χ0n) is 8.62. The Morgan fingerprint density at radius 1 is 1.47 bits per heavy atom. The van der Waals surface area contributed by atoms with Crippen LogP contribution in [0.3, 0.4) is 0 Å². The standard InChI is InChI=1S/C10H9N3O4/c11-10-12-9(17-13-10)6-3-1-2-4-7(6)16-5-8(14)15/h1-4H,5H2,(H2,11,13)(H,14,15)/p-1. The third-order valence-corrected chi connectivity index (χ3v) is 1.90. The number of carbonyl (C=O) groups excluding carboxylic acids is 1. The van der Waals surface area contributed by atoms with Crippen LogP contribution in [0.1, 0.15) is 0 Å². The summed E-state index contributed by atoms with van der Waals surface area (Å²) in [5.41, 5.74) is 5.80. The van der Waals surface area contributed by atoms with E-state index in [-0.39, 0.29) is 11.8 Å². The van der Waals surface area contributed by atoms with Crippen LogP contribution >= 0.6 is 0 Å². The van der Waals surface area contributed by atoms with Crippen LogP contribution < -0.4 is 15.6 Å². The molecule has 0 aliphatic rings. The van der Waals surface area contributed by atoms with Gasteiger partial charge in [0.25, 0.3) is 11.8 Å². The van der Waals surface area contributed by atoms with Gasteiger partial charge in [0.15, 0.2) is 0 Å². The molecule has 7 heteroatoms. The van der Waals surface area contributed by atoms with Gasteiger partial charge in [-0.15, -0.1) is 0 Å². The normalized spacial score (nSPS) is 10.1. The molecule has 1 aromatic heterocycles. The maximum Gasteiger partial charge on any atom is 0.263 e. The van der Waals surface area contributed by atoms with Gasteiger partial charge in [-0.25, -0.2) is 0 Å². The van der Waals surface area contributed by atoms with Gasteiger partial charge in [-0.2, -0.15) is 4.98 Å². The van der Waals surface area contributed by atoms with Gasteiger partial charge in [0, 0.05) is 0 Å². The molecule has 0 bridgehead atoms. The summed E-state index contributed by atoms with van der Waals surface area (Å²) in [4.78, 5) is 14.1. The summed E-state index contributed by atoms with van der Waals surface area (Å²) in [5, 5.41) is 13.8. The Balaban J connectivity index is 2.30. The first-order chi connectivity index (χ1) is 8.16. The maximum atomic E-state index is 10.3. The van der Waals surface area contributed by atoms with Crippen molar-refractivity contribution in [2.24, 2.45) is 0 Å². The predicted octanol–water partition coefficient (Wildman–Crippen LogP) is -0.553. The first kappa shape index (κ1) is 10.9. The van der Waals surface area contributed by atoms with Crippen molar-refractivity contribution in [3.63, 3.8) is 0 Å². The fraction of sp³-hybridized carbons (Fsp3) is 0.100. The molecule has 0 fully saturated rings. The van der Waals surface area contributed by atoms with E-state index in [1.165, 1.54) is 0 Å². The minimum absolute atomic E-state index is 0.00490. The van der Waals surface area contributed by atoms with Gasteiger partial charge in [-0.1, -0.05) is 12.1 Å². The summed E-state index contributed by atoms with van der Waals surface area (Å²) in [6.45, 7) is -0.555. The number of carboxylic acid groups (broad SMARTS) is 1. The van der Waals surface area contributed by atoms with Gasteiger partial charge in [0.1, 0.15) is 12.4 Å². The number of carbonyl (C=O) groups is 1. The molecule has 1 aromatic carbocycles. The van der Waals surface area contributed by atoms with Crippen molar-refractivity contribution in [1.29, 1.82) is 0 Å². The molecule has 88 valence electrons. The lowest BCUT2D eigenvalue weighted by atomic mass is 10.2. The third-order valence-electron chi connectivity index (χ3n) is 1.90. The fourth-order valence-electron chi connectivity index (χ4n) is 1.25. The van der Waals surface area contributed by atoms with Crippen LogP contribution in [0.15, 0.2) is 28.8 Å². The van der Waals surface area contributed by atoms with Crippen molar-refractivity contribution < 1.29 is 19.2 Å². The summed E-state index contributed by atoms with van der Waals surface area (Å²) in [6, 6.07) is 6.64. The van der Waals surface area contributed by atoms with Gasteiger partial charge in [-0.05, 0) is 17.3 Å². The molecule has 2 aromatic rings. The van der Waals surface area contributed by atoms with E-state index >= 15 is 0 Å². The quantitative estimate of drug-likeness (QED) is 0.754. The molecule has 17 heavy (non-hydrogen) atoms. The Bertz CT molecular complexity index is 538. The molecule has 0 unspecified atom stereocenters. The minimum Gasteiger partial charge on any atom is -0.546 e. The smallest absolute Gasteiger partial charge is 0.263 e. The molecule has 7 nitrogen and oxygen atoms in total. The first-order valence-corrected chi connectivity index (χ1v) is 4.68. The van der Waals surface area contributed by atoms with Crippen LogP contribution in [0.4, 0.5) is 5.95 Å². The molecule has 0 saturated heterocycles. The molecule has 0 aliphatic heterocycles. The fourth-order valence-corrected chi connectivity index (χ4v) is 1.25. The number of anilines is 1. The first-order valence-electron chi connectivity index (χ1n) is 4.68. The number of carboxylic acids is 1. The van der Waals surface area contributed by atoms with Crippen LogP contribution in [0.25, 0.3) is 11.5 Å². The molecule has 2 N–H and O–H groups in total. The number of nitrogens with zero attached hydrogens (tertiary/aromatic N) is 2. The van der Waals surface area contributed by atoms with Crippen LogP contribution in [0, 0.1) is 0 Å². The Kier molecular flexibility index (Phi) is 2.91. The highest BCUT2D eigenvalue weighted by atomic mass is 16.5. The van der Waals surface area contributed by atoms with E-state index in [9.17, 15) is 9.90 Å². The van der Waals surface area contributed by atoms with Gasteiger partial charge >= 0.3 is 0 Å². The van der Waals surface area contributed by atoms with Crippen LogP contribution in [0.2, 0.25) is 0 Å². The van der Waals surface area contributed by atoms with Gasteiger partial charge in [0.2, 0.25) is 0 Å². The molecule has 0 radical (unpaired) electrons. The average molecular weight is 234 g/mol. The summed E-state index contributed by atoms with van der Waals surface area (Å²) in [6.07, 6.45) is 0. The molecule has 0 saturated carbocycles. The highest BCUT2D eigenvalue weighted by Gasteiger charge is 2.12. The number of ether oxygens (including phenoxy) is 1. The Morgan fingerprint density at radius 2 is 2.24 bits per heavy atom. The van der Waals surface area contributed by atoms with Gasteiger partial charge in [-0.3, -0.25) is 0 Å². The zero-order valence-corrected chi connectivity index (χ0v) is 8.62. The van der Waals surface area contributed by atoms with Crippen molar-refractivity contribution in [2.45, 2.75) is 0 Å². The highest BCUT2D eigenvalue weighted by Crippen LogP contribution is 2.28. The number of rotatable bonds is 4. The van der Waals surface area contributed by atoms with Crippen LogP contribution in [-0.4, -0.2) is 22.7 Å². The number of aromatic nitrogens is 2. The van der Waals surface area contributed by atoms with Crippen molar-refractivity contribution in [2.75, 3.05) is 12.3 Å². The van der Waals surface area contributed by atoms with E-state index < -0.39 is 12.6 Å². The molecule has 1 heterocycles. The second-order valence-electron chi connectivity index (χ2n) is 3.11. The maximum absolute atomic E-state index is 10.3. The van der Waals surface area contributed by atoms with Crippen molar-refractivity contribution >= 4 is 11.9 Å². The second kappa shape index (κ2) is 4.52. The molecule has 0 spiro atoms. The van der Waals surface area contributed by atoms with Gasteiger partial charge in [0.05, 0.1) is 11.5 Å². The van der Waals surface area contributed by atoms with E-state index in [2.05, 4.69) is 10.1 Å². The number of hydrogen-bond donors (Lipinski definition) is 1. The topological polar surface area (TPSA) is 114 Å². The van der Waals surface area contributed by atoms with Crippen LogP contribution in [-0.2, 0) is 4.79 Å². The monoisotopic (exact) mass is 234 g/mol. The van der Waals surface area contributed by atoms with E-state index in [1.54, 1.807) is 24.3 Å². The Labute approximate surface area is 95.8 Å². The second-order valence-corrected chi connectivity index (χ2v) is 3.11. The Morgan fingerprint density at radius 3 is 2.88 bits per heavy atom. The number of benzene rings is 1. The predicted molar refractivity (Wildman–Crippen MR) is 54.6 cm³/mol. The third kappa shape index (κ3) is 2.51. The largest absolute Gasteiger partial charge is 0.546 e. The molecule has 0 amide bonds. The minimum atomic E-state index is -1.31. The van der Waals surface area contributed by atoms with E-state index in [0.717, 1.165) is 0 Å². The Hall–Kier alpha value is -2.57. The van der Waals surface area contributed by atoms with Crippen molar-refractivity contribution in [1.82, 2.24) is 10.1 Å². The number of para-hydroxylation sites is 1. The van der Waals surface area contributed by atoms with E-state index in [0.29, 0.717) is 11.3 Å². The average Bonchev–Trinajstić information content (AvgIpc) is 2.73. The van der Waals surface area contributed by atoms with Crippen LogP contribution in [0.5, 0.6) is 5.75 Å². The molecule has 0 atom stereocenters. The van der Waals surface area contributed by atoms with E-state index in [4.69, 9.17) is 15.0 Å². The zero-order chi connectivity index (χ0) is 12.3. The number of hydrogen-bond acceptors (Lipinski definition) is 7. The number of nitrogen functional groups attached to an aromatic ring is 1. The lowest BCUT2D eigenvalue weighted by Gasteiger charge is -2.08. The van der Waals surface area contributed by atoms with E-state index in [1.807, 2.05) is 0 Å². The van der Waals surface area contributed by atoms with Crippen molar-refractivity contribution in [3.05, 3.63) is 24.3 Å². The van der Waals surface area contributed by atoms with Gasteiger partial charge < -0.3 is 24.9 Å². The lowest BCUT2D eigenvalue weighted by molar-refractivity contribution is -0.307. The number of nitrogens with two attached hydrogens (primary N) is 1. The summed E-state index contributed by atoms with van der Waals surface area (Å²) >= 11 is 0. The summed E-state index contributed by atoms with van der Waals surface area (Å²) < 4.78 is 9.90. The summed E-state index contributed by atoms with van der Waals surface area (Å²) in [5.74, 6) is -0.851. The number of aliphatic carboxylic acids is 1. The highest BCUT2D eigenvalue weighted by molar-refractivity contribution is 5.68. The SMILES string of the molecule is Nc1noc(-c2ccccc2OCC(=O)[O-])n1. The molecule has 0 aliphatic carbocycles. The lowest BCUT2D eigenvalue weighted by Crippen LogP contribution is -2.29. The molecular formula is C10H8N3O4-. The molecule has 2 rings (SSSR count). The molecular weight excluding hydrogens is 226 g/mol. The summed E-state index contributed by atoms with van der Waals surface area (Å²) in [7, 11) is 0.